The molecule has 0 aliphatic carbocycles. The Balaban J connectivity index is 1.23. The van der Waals surface area contributed by atoms with Crippen LogP contribution in [0, 0.1) is 11.3 Å². The number of para-hydroxylation sites is 3. The fraction of sp³-hybridized carbons (Fsp3) is 0. The molecule has 9 rings (SSSR count). The van der Waals surface area contributed by atoms with Crippen LogP contribution in [0.1, 0.15) is 5.56 Å². The molecule has 49 heavy (non-hydrogen) atoms. The summed E-state index contributed by atoms with van der Waals surface area (Å²) in [4.78, 5) is 15.2. The predicted molar refractivity (Wildman–Crippen MR) is 198 cm³/mol. The lowest BCUT2D eigenvalue weighted by molar-refractivity contribution is 1.18. The van der Waals surface area contributed by atoms with Crippen molar-refractivity contribution in [3.8, 4) is 56.9 Å². The molecule has 228 valence electrons. The minimum atomic E-state index is 0.611. The summed E-state index contributed by atoms with van der Waals surface area (Å²) in [6.07, 6.45) is 0. The topological polar surface area (TPSA) is 67.4 Å². The number of benzene rings is 6. The molecule has 5 nitrogen and oxygen atoms in total. The van der Waals surface area contributed by atoms with E-state index < -0.39 is 0 Å². The minimum absolute atomic E-state index is 0.611. The van der Waals surface area contributed by atoms with Crippen LogP contribution in [-0.2, 0) is 0 Å². The van der Waals surface area contributed by atoms with Crippen molar-refractivity contribution < 1.29 is 0 Å². The quantitative estimate of drug-likeness (QED) is 0.191. The molecule has 0 amide bonds. The third-order valence-electron chi connectivity index (χ3n) is 9.04. The van der Waals surface area contributed by atoms with E-state index in [9.17, 15) is 5.26 Å². The summed E-state index contributed by atoms with van der Waals surface area (Å²) < 4.78 is 2.36. The van der Waals surface area contributed by atoms with E-state index in [1.54, 1.807) is 0 Å². The number of hydrogen-bond acceptors (Lipinski definition) is 4. The first-order valence-corrected chi connectivity index (χ1v) is 16.2. The first-order chi connectivity index (χ1) is 24.2. The van der Waals surface area contributed by atoms with Gasteiger partial charge in [0.25, 0.3) is 0 Å². The summed E-state index contributed by atoms with van der Waals surface area (Å²) in [6.45, 7) is 0. The van der Waals surface area contributed by atoms with Gasteiger partial charge in [-0.25, -0.2) is 15.0 Å². The number of hydrogen-bond donors (Lipinski definition) is 0. The maximum atomic E-state index is 9.32. The highest BCUT2D eigenvalue weighted by atomic mass is 15.0. The Labute approximate surface area is 283 Å². The van der Waals surface area contributed by atoms with Crippen LogP contribution in [0.5, 0.6) is 0 Å². The van der Waals surface area contributed by atoms with Gasteiger partial charge in [-0.05, 0) is 42.5 Å². The summed E-state index contributed by atoms with van der Waals surface area (Å²) in [7, 11) is 0. The molecule has 0 bridgehead atoms. The van der Waals surface area contributed by atoms with Crippen molar-refractivity contribution in [3.63, 3.8) is 0 Å². The fourth-order valence-electron chi connectivity index (χ4n) is 6.71. The normalized spacial score (nSPS) is 11.2. The van der Waals surface area contributed by atoms with Gasteiger partial charge in [-0.15, -0.1) is 0 Å². The predicted octanol–water partition coefficient (Wildman–Crippen LogP) is 10.7. The second-order valence-electron chi connectivity index (χ2n) is 12.0. The van der Waals surface area contributed by atoms with Gasteiger partial charge in [-0.2, -0.15) is 5.26 Å². The summed E-state index contributed by atoms with van der Waals surface area (Å²) in [5, 5.41) is 12.7. The Morgan fingerprint density at radius 1 is 0.490 bits per heavy atom. The van der Waals surface area contributed by atoms with Crippen molar-refractivity contribution in [2.45, 2.75) is 0 Å². The van der Waals surface area contributed by atoms with Crippen LogP contribution in [0.15, 0.2) is 164 Å². The number of rotatable bonds is 5. The zero-order valence-electron chi connectivity index (χ0n) is 26.3. The molecule has 0 N–H and O–H groups in total. The Kier molecular flexibility index (Phi) is 6.78. The van der Waals surface area contributed by atoms with Crippen molar-refractivity contribution >= 4 is 32.7 Å². The molecule has 6 aromatic carbocycles. The summed E-state index contributed by atoms with van der Waals surface area (Å²) in [6, 6.07) is 57.8. The molecule has 0 atom stereocenters. The Bertz CT molecular complexity index is 2690. The number of nitriles is 1. The van der Waals surface area contributed by atoms with E-state index in [1.807, 2.05) is 60.7 Å². The Hall–Kier alpha value is -6.90. The third kappa shape index (κ3) is 4.91. The van der Waals surface area contributed by atoms with Crippen molar-refractivity contribution in [2.24, 2.45) is 0 Å². The van der Waals surface area contributed by atoms with Gasteiger partial charge in [-0.3, -0.25) is 0 Å². The molecule has 0 aliphatic heterocycles. The largest absolute Gasteiger partial charge is 0.308 e. The smallest absolute Gasteiger partial charge is 0.160 e. The Morgan fingerprint density at radius 3 is 1.76 bits per heavy atom. The van der Waals surface area contributed by atoms with E-state index in [0.29, 0.717) is 11.4 Å². The van der Waals surface area contributed by atoms with Crippen LogP contribution < -0.4 is 0 Å². The van der Waals surface area contributed by atoms with Gasteiger partial charge in [0.1, 0.15) is 0 Å². The SMILES string of the molecule is N#Cc1ccc(-c2cc(-c3ccc(-c4nc5ccccc5c5c4c4ccccc4n5-c4ccccc4)cc3)nc(-c3ccccc3)n2)cc1. The molecule has 3 aromatic heterocycles. The summed E-state index contributed by atoms with van der Waals surface area (Å²) in [5.74, 6) is 0.646. The highest BCUT2D eigenvalue weighted by Crippen LogP contribution is 2.41. The molecule has 3 heterocycles. The minimum Gasteiger partial charge on any atom is -0.308 e. The molecule has 0 unspecified atom stereocenters. The second kappa shape index (κ2) is 11.7. The molecule has 0 saturated carbocycles. The molecule has 0 radical (unpaired) electrons. The van der Waals surface area contributed by atoms with Gasteiger partial charge in [-0.1, -0.05) is 121 Å². The zero-order valence-corrected chi connectivity index (χ0v) is 26.3. The van der Waals surface area contributed by atoms with E-state index >= 15 is 0 Å². The zero-order chi connectivity index (χ0) is 32.7. The standard InChI is InChI=1S/C44H27N5/c45-28-29-19-21-30(22-20-29)38-27-39(48-44(47-38)33-11-3-1-4-12-33)31-23-25-32(26-24-31)42-41-36-16-8-10-18-40(36)49(34-13-5-2-6-14-34)43(41)35-15-7-9-17-37(35)46-42/h1-27H. The maximum Gasteiger partial charge on any atom is 0.160 e. The van der Waals surface area contributed by atoms with E-state index in [2.05, 4.69) is 114 Å². The molecular formula is C44H27N5. The lowest BCUT2D eigenvalue weighted by atomic mass is 10.00. The summed E-state index contributed by atoms with van der Waals surface area (Å²) in [5.41, 5.74) is 11.4. The van der Waals surface area contributed by atoms with Crippen LogP contribution in [0.4, 0.5) is 0 Å². The molecule has 9 aromatic rings. The first-order valence-electron chi connectivity index (χ1n) is 16.2. The summed E-state index contributed by atoms with van der Waals surface area (Å²) >= 11 is 0. The van der Waals surface area contributed by atoms with Gasteiger partial charge in [0, 0.05) is 44.1 Å². The molecule has 0 aliphatic rings. The average Bonchev–Trinajstić information content (AvgIpc) is 3.54. The molecule has 0 saturated heterocycles. The molecule has 0 fully saturated rings. The van der Waals surface area contributed by atoms with Gasteiger partial charge in [0.05, 0.1) is 45.3 Å². The monoisotopic (exact) mass is 625 g/mol. The number of nitrogens with zero attached hydrogens (tertiary/aromatic N) is 5. The highest BCUT2D eigenvalue weighted by Gasteiger charge is 2.20. The average molecular weight is 626 g/mol. The fourth-order valence-corrected chi connectivity index (χ4v) is 6.71. The van der Waals surface area contributed by atoms with Crippen molar-refractivity contribution in [1.29, 1.82) is 5.26 Å². The lowest BCUT2D eigenvalue weighted by Crippen LogP contribution is -1.96. The number of aromatic nitrogens is 4. The van der Waals surface area contributed by atoms with E-state index in [1.165, 1.54) is 0 Å². The van der Waals surface area contributed by atoms with Crippen LogP contribution in [0.3, 0.4) is 0 Å². The van der Waals surface area contributed by atoms with Crippen LogP contribution >= 0.6 is 0 Å². The molecule has 0 spiro atoms. The number of fused-ring (bicyclic) bond motifs is 5. The Morgan fingerprint density at radius 2 is 1.06 bits per heavy atom. The van der Waals surface area contributed by atoms with E-state index in [-0.39, 0.29) is 0 Å². The third-order valence-corrected chi connectivity index (χ3v) is 9.04. The molecular weight excluding hydrogens is 599 g/mol. The van der Waals surface area contributed by atoms with Crippen molar-refractivity contribution in [1.82, 2.24) is 19.5 Å². The number of pyridine rings is 1. The van der Waals surface area contributed by atoms with E-state index in [0.717, 1.165) is 77.7 Å². The second-order valence-corrected chi connectivity index (χ2v) is 12.0. The van der Waals surface area contributed by atoms with Gasteiger partial charge in [0.2, 0.25) is 0 Å². The molecule has 5 heteroatoms. The van der Waals surface area contributed by atoms with Gasteiger partial charge < -0.3 is 4.57 Å². The van der Waals surface area contributed by atoms with Crippen LogP contribution in [0.25, 0.3) is 83.6 Å². The van der Waals surface area contributed by atoms with Crippen LogP contribution in [0.2, 0.25) is 0 Å². The maximum absolute atomic E-state index is 9.32. The van der Waals surface area contributed by atoms with E-state index in [4.69, 9.17) is 15.0 Å². The van der Waals surface area contributed by atoms with Crippen molar-refractivity contribution in [3.05, 3.63) is 169 Å². The lowest BCUT2D eigenvalue weighted by Gasteiger charge is -2.12. The highest BCUT2D eigenvalue weighted by molar-refractivity contribution is 6.22. The van der Waals surface area contributed by atoms with Gasteiger partial charge in [0.15, 0.2) is 5.82 Å². The van der Waals surface area contributed by atoms with Crippen LogP contribution in [-0.4, -0.2) is 19.5 Å². The van der Waals surface area contributed by atoms with Gasteiger partial charge >= 0.3 is 0 Å². The first kappa shape index (κ1) is 28.3. The van der Waals surface area contributed by atoms with Crippen molar-refractivity contribution in [2.75, 3.05) is 0 Å².